The molecule has 0 N–H and O–H groups in total. The summed E-state index contributed by atoms with van der Waals surface area (Å²) in [6, 6.07) is 0. The first-order valence-electron chi connectivity index (χ1n) is 29.9. The third-order valence-corrected chi connectivity index (χ3v) is 14.5. The Morgan fingerprint density at radius 1 is 0.435 bits per heavy atom. The fraction of sp³-hybridized carbons (Fsp3) is 0.932. The van der Waals surface area contributed by atoms with Crippen molar-refractivity contribution < 1.29 is 42.1 Å². The predicted molar refractivity (Wildman–Crippen MR) is 292 cm³/mol. The molecule has 9 nitrogen and oxygen atoms in total. The van der Waals surface area contributed by atoms with Crippen molar-refractivity contribution in [2.24, 2.45) is 0 Å². The molecular weight excluding hydrogens is 882 g/mol. The van der Waals surface area contributed by atoms with Gasteiger partial charge in [0.2, 0.25) is 0 Å². The van der Waals surface area contributed by atoms with Gasteiger partial charge in [0.15, 0.2) is 6.10 Å². The number of hydrogen-bond acceptors (Lipinski definition) is 8. The van der Waals surface area contributed by atoms with Gasteiger partial charge >= 0.3 is 11.9 Å². The second-order valence-electron chi connectivity index (χ2n) is 21.7. The monoisotopic (exact) mass is 998 g/mol. The van der Waals surface area contributed by atoms with Gasteiger partial charge in [-0.3, -0.25) is 14.2 Å². The van der Waals surface area contributed by atoms with E-state index in [1.165, 1.54) is 238 Å². The van der Waals surface area contributed by atoms with E-state index in [-0.39, 0.29) is 32.0 Å². The zero-order valence-corrected chi connectivity index (χ0v) is 47.4. The van der Waals surface area contributed by atoms with Crippen LogP contribution in [0.4, 0.5) is 0 Å². The number of phosphoric acid groups is 1. The van der Waals surface area contributed by atoms with Gasteiger partial charge in [0.1, 0.15) is 19.8 Å². The first kappa shape index (κ1) is 67.8. The Bertz CT molecular complexity index is 1180. The van der Waals surface area contributed by atoms with Crippen LogP contribution in [0, 0.1) is 0 Å². The molecule has 0 amide bonds. The first-order chi connectivity index (χ1) is 33.5. The van der Waals surface area contributed by atoms with Gasteiger partial charge in [-0.2, -0.15) is 0 Å². The Kier molecular flexibility index (Phi) is 50.7. The van der Waals surface area contributed by atoms with Crippen LogP contribution in [0.25, 0.3) is 0 Å². The number of esters is 2. The van der Waals surface area contributed by atoms with E-state index in [1.807, 2.05) is 21.1 Å². The normalized spacial score (nSPS) is 13.3. The minimum atomic E-state index is -4.63. The summed E-state index contributed by atoms with van der Waals surface area (Å²) in [7, 11) is 1.19. The third kappa shape index (κ3) is 55.9. The molecule has 0 aromatic heterocycles. The molecule has 10 heteroatoms. The van der Waals surface area contributed by atoms with Crippen LogP contribution in [0.2, 0.25) is 0 Å². The quantitative estimate of drug-likeness (QED) is 0.0195. The van der Waals surface area contributed by atoms with E-state index in [1.54, 1.807) is 0 Å². The van der Waals surface area contributed by atoms with Crippen LogP contribution >= 0.6 is 7.82 Å². The van der Waals surface area contributed by atoms with Crippen molar-refractivity contribution in [3.63, 3.8) is 0 Å². The van der Waals surface area contributed by atoms with Crippen LogP contribution in [-0.4, -0.2) is 70.0 Å². The highest BCUT2D eigenvalue weighted by Gasteiger charge is 2.22. The molecule has 0 aromatic carbocycles. The molecule has 0 rings (SSSR count). The van der Waals surface area contributed by atoms with Gasteiger partial charge in [-0.1, -0.05) is 264 Å². The van der Waals surface area contributed by atoms with Crippen molar-refractivity contribution in [2.45, 2.75) is 309 Å². The largest absolute Gasteiger partial charge is 0.756 e. The highest BCUT2D eigenvalue weighted by molar-refractivity contribution is 7.45. The standard InChI is InChI=1S/C59H116NO8P/c1-6-8-10-12-14-16-18-20-22-24-25-26-27-28-29-30-31-32-33-34-35-36-38-40-42-44-46-48-50-52-59(62)68-57(56-67-69(63,64)66-54-53-60(3,4)5)55-65-58(61)51-49-47-45-43-41-39-37-23-21-19-17-15-13-11-9-7-2/h24-25,57H,6-23,26-56H2,1-5H3/b25-24-. The average Bonchev–Trinajstić information content (AvgIpc) is 3.31. The van der Waals surface area contributed by atoms with E-state index in [4.69, 9.17) is 18.5 Å². The summed E-state index contributed by atoms with van der Waals surface area (Å²) in [6.07, 6.45) is 59.8. The predicted octanol–water partition coefficient (Wildman–Crippen LogP) is 17.8. The fourth-order valence-electron chi connectivity index (χ4n) is 8.89. The van der Waals surface area contributed by atoms with Crippen molar-refractivity contribution in [1.29, 1.82) is 0 Å². The van der Waals surface area contributed by atoms with E-state index < -0.39 is 26.5 Å². The van der Waals surface area contributed by atoms with Crippen LogP contribution in [0.15, 0.2) is 12.2 Å². The molecule has 0 bridgehead atoms. The molecule has 410 valence electrons. The van der Waals surface area contributed by atoms with Gasteiger partial charge in [-0.15, -0.1) is 0 Å². The number of rotatable bonds is 56. The second-order valence-corrected chi connectivity index (χ2v) is 23.1. The summed E-state index contributed by atoms with van der Waals surface area (Å²) in [4.78, 5) is 37.8. The van der Waals surface area contributed by atoms with Crippen LogP contribution in [0.1, 0.15) is 303 Å². The Balaban J connectivity index is 4.04. The molecular formula is C59H116NO8P. The minimum absolute atomic E-state index is 0.0263. The molecule has 69 heavy (non-hydrogen) atoms. The zero-order valence-electron chi connectivity index (χ0n) is 46.5. The number of unbranched alkanes of at least 4 members (excludes halogenated alkanes) is 40. The number of hydrogen-bond donors (Lipinski definition) is 0. The number of allylic oxidation sites excluding steroid dienone is 2. The number of likely N-dealkylation sites (N-methyl/N-ethyl adjacent to an activating group) is 1. The zero-order chi connectivity index (χ0) is 50.6. The Hall–Kier alpha value is -1.25. The van der Waals surface area contributed by atoms with Crippen LogP contribution in [0.3, 0.4) is 0 Å². The molecule has 0 spiro atoms. The maximum Gasteiger partial charge on any atom is 0.306 e. The average molecular weight is 999 g/mol. The molecule has 0 radical (unpaired) electrons. The fourth-order valence-corrected chi connectivity index (χ4v) is 9.62. The van der Waals surface area contributed by atoms with E-state index in [2.05, 4.69) is 26.0 Å². The lowest BCUT2D eigenvalue weighted by atomic mass is 10.0. The topological polar surface area (TPSA) is 111 Å². The molecule has 0 aliphatic rings. The number of carbonyl (C=O) groups is 2. The molecule has 2 unspecified atom stereocenters. The van der Waals surface area contributed by atoms with Crippen LogP contribution < -0.4 is 4.89 Å². The van der Waals surface area contributed by atoms with Crippen molar-refractivity contribution in [3.05, 3.63) is 12.2 Å². The summed E-state index contributed by atoms with van der Waals surface area (Å²) in [6.45, 7) is 4.30. The SMILES string of the molecule is CCCCCCCCCC/C=C\CCCCCCCCCCCCCCCCCCCC(=O)OC(COC(=O)CCCCCCCCCCCCCCCCCC)COP(=O)([O-])OCC[N+](C)(C)C. The van der Waals surface area contributed by atoms with E-state index in [0.717, 1.165) is 32.1 Å². The van der Waals surface area contributed by atoms with Crippen molar-refractivity contribution in [2.75, 3.05) is 47.5 Å². The van der Waals surface area contributed by atoms with Crippen LogP contribution in [0.5, 0.6) is 0 Å². The number of nitrogens with zero attached hydrogens (tertiary/aromatic N) is 1. The first-order valence-corrected chi connectivity index (χ1v) is 31.4. The lowest BCUT2D eigenvalue weighted by Gasteiger charge is -2.28. The Morgan fingerprint density at radius 3 is 1.07 bits per heavy atom. The van der Waals surface area contributed by atoms with Gasteiger partial charge < -0.3 is 27.9 Å². The Labute approximate surface area is 428 Å². The number of phosphoric ester groups is 1. The maximum absolute atomic E-state index is 12.8. The van der Waals surface area contributed by atoms with Crippen LogP contribution in [-0.2, 0) is 32.7 Å². The number of quaternary nitrogens is 1. The van der Waals surface area contributed by atoms with E-state index in [9.17, 15) is 19.0 Å². The summed E-state index contributed by atoms with van der Waals surface area (Å²) in [5.41, 5.74) is 0. The highest BCUT2D eigenvalue weighted by atomic mass is 31.2. The van der Waals surface area contributed by atoms with Gasteiger partial charge in [-0.05, 0) is 38.5 Å². The van der Waals surface area contributed by atoms with E-state index >= 15 is 0 Å². The summed E-state index contributed by atoms with van der Waals surface area (Å²) >= 11 is 0. The number of ether oxygens (including phenoxy) is 2. The molecule has 0 aromatic rings. The van der Waals surface area contributed by atoms with Gasteiger partial charge in [0, 0.05) is 12.8 Å². The smallest absolute Gasteiger partial charge is 0.306 e. The number of carbonyl (C=O) groups excluding carboxylic acids is 2. The van der Waals surface area contributed by atoms with Crippen molar-refractivity contribution >= 4 is 19.8 Å². The highest BCUT2D eigenvalue weighted by Crippen LogP contribution is 2.38. The summed E-state index contributed by atoms with van der Waals surface area (Å²) < 4.78 is 34.2. The lowest BCUT2D eigenvalue weighted by Crippen LogP contribution is -2.37. The van der Waals surface area contributed by atoms with Crippen molar-refractivity contribution in [3.8, 4) is 0 Å². The molecule has 2 atom stereocenters. The molecule has 0 aliphatic carbocycles. The molecule has 0 saturated carbocycles. The lowest BCUT2D eigenvalue weighted by molar-refractivity contribution is -0.870. The minimum Gasteiger partial charge on any atom is -0.756 e. The van der Waals surface area contributed by atoms with Gasteiger partial charge in [-0.25, -0.2) is 0 Å². The maximum atomic E-state index is 12.8. The van der Waals surface area contributed by atoms with E-state index in [0.29, 0.717) is 17.4 Å². The van der Waals surface area contributed by atoms with Gasteiger partial charge in [0.05, 0.1) is 27.7 Å². The molecule has 0 saturated heterocycles. The third-order valence-electron chi connectivity index (χ3n) is 13.5. The Morgan fingerprint density at radius 2 is 0.739 bits per heavy atom. The molecule has 0 heterocycles. The summed E-state index contributed by atoms with van der Waals surface area (Å²) in [5, 5.41) is 0. The molecule has 0 fully saturated rings. The molecule has 0 aliphatic heterocycles. The van der Waals surface area contributed by atoms with Gasteiger partial charge in [0.25, 0.3) is 7.82 Å². The summed E-state index contributed by atoms with van der Waals surface area (Å²) in [5.74, 6) is -0.813. The second kappa shape index (κ2) is 51.6. The van der Waals surface area contributed by atoms with Crippen molar-refractivity contribution in [1.82, 2.24) is 0 Å².